The number of benzene rings is 1. The number of imidazole rings is 1. The Morgan fingerprint density at radius 3 is 2.55 bits per heavy atom. The second-order valence-electron chi connectivity index (χ2n) is 6.14. The third-order valence-electron chi connectivity index (χ3n) is 4.21. The quantitative estimate of drug-likeness (QED) is 0.846. The molecule has 1 fully saturated rings. The van der Waals surface area contributed by atoms with Gasteiger partial charge in [0.15, 0.2) is 9.84 Å². The first-order chi connectivity index (χ1) is 10.5. The van der Waals surface area contributed by atoms with Crippen molar-refractivity contribution in [2.24, 2.45) is 0 Å². The van der Waals surface area contributed by atoms with Crippen LogP contribution in [0.2, 0.25) is 0 Å². The molecule has 1 saturated heterocycles. The van der Waals surface area contributed by atoms with Crippen LogP contribution in [0.4, 0.5) is 0 Å². The first-order valence-electron chi connectivity index (χ1n) is 7.87. The normalized spacial score (nSPS) is 17.1. The van der Waals surface area contributed by atoms with Crippen LogP contribution < -0.4 is 0 Å². The summed E-state index contributed by atoms with van der Waals surface area (Å²) in [5.74, 6) is 0.655. The van der Waals surface area contributed by atoms with E-state index in [2.05, 4.69) is 14.5 Å². The summed E-state index contributed by atoms with van der Waals surface area (Å²) in [5, 5.41) is 0. The zero-order valence-corrected chi connectivity index (χ0v) is 13.8. The molecule has 0 atom stereocenters. The fraction of sp³-hybridized carbons (Fsp3) is 0.562. The molecule has 1 aliphatic heterocycles. The summed E-state index contributed by atoms with van der Waals surface area (Å²) in [6, 6.07) is 7.88. The summed E-state index contributed by atoms with van der Waals surface area (Å²) in [4.78, 5) is 6.99. The molecule has 1 aromatic carbocycles. The largest absolute Gasteiger partial charge is 0.326 e. The molecule has 6 heteroatoms. The van der Waals surface area contributed by atoms with Gasteiger partial charge in [-0.2, -0.15) is 0 Å². The second-order valence-corrected chi connectivity index (χ2v) is 8.28. The minimum Gasteiger partial charge on any atom is -0.326 e. The van der Waals surface area contributed by atoms with Gasteiger partial charge in [0.2, 0.25) is 0 Å². The average molecular weight is 321 g/mol. The lowest BCUT2D eigenvalue weighted by Gasteiger charge is -2.26. The van der Waals surface area contributed by atoms with Gasteiger partial charge >= 0.3 is 0 Å². The fourth-order valence-electron chi connectivity index (χ4n) is 3.14. The molecular formula is C16H23N3O2S. The van der Waals surface area contributed by atoms with E-state index in [1.807, 2.05) is 24.3 Å². The van der Waals surface area contributed by atoms with Crippen molar-refractivity contribution in [3.8, 4) is 0 Å². The lowest BCUT2D eigenvalue weighted by Crippen LogP contribution is -2.32. The molecule has 0 N–H and O–H groups in total. The monoisotopic (exact) mass is 321 g/mol. The number of rotatable bonds is 5. The average Bonchev–Trinajstić information content (AvgIpc) is 2.81. The molecule has 3 rings (SSSR count). The Morgan fingerprint density at radius 2 is 1.82 bits per heavy atom. The number of hydrogen-bond acceptors (Lipinski definition) is 4. The lowest BCUT2D eigenvalue weighted by molar-refractivity contribution is 0.221. The van der Waals surface area contributed by atoms with Crippen LogP contribution in [0, 0.1) is 0 Å². The molecule has 0 amide bonds. The highest BCUT2D eigenvalue weighted by atomic mass is 32.2. The van der Waals surface area contributed by atoms with Crippen molar-refractivity contribution in [1.82, 2.24) is 14.5 Å². The van der Waals surface area contributed by atoms with Crippen molar-refractivity contribution >= 4 is 20.9 Å². The maximum Gasteiger partial charge on any atom is 0.154 e. The summed E-state index contributed by atoms with van der Waals surface area (Å²) >= 11 is 0. The molecule has 2 heterocycles. The Hall–Kier alpha value is -1.40. The van der Waals surface area contributed by atoms with E-state index in [4.69, 9.17) is 0 Å². The van der Waals surface area contributed by atoms with Crippen molar-refractivity contribution in [3.63, 3.8) is 0 Å². The van der Waals surface area contributed by atoms with E-state index in [1.54, 1.807) is 0 Å². The van der Waals surface area contributed by atoms with Gasteiger partial charge in [-0.3, -0.25) is 0 Å². The number of fused-ring (bicyclic) bond motifs is 1. The maximum atomic E-state index is 11.7. The Kier molecular flexibility index (Phi) is 4.49. The van der Waals surface area contributed by atoms with Crippen LogP contribution >= 0.6 is 0 Å². The van der Waals surface area contributed by atoms with E-state index in [0.29, 0.717) is 5.82 Å². The van der Waals surface area contributed by atoms with E-state index in [9.17, 15) is 8.42 Å². The number of nitrogens with zero attached hydrogens (tertiary/aromatic N) is 3. The molecule has 120 valence electrons. The highest BCUT2D eigenvalue weighted by Gasteiger charge is 2.16. The minimum atomic E-state index is -3.09. The standard InChI is InChI=1S/C16H23N3O2S/c1-22(20,21)13-16-17-14-7-3-4-8-15(14)19(16)12-11-18-9-5-2-6-10-18/h3-4,7-8H,2,5-6,9-13H2,1H3. The zero-order valence-electron chi connectivity index (χ0n) is 13.0. The Balaban J connectivity index is 1.86. The van der Waals surface area contributed by atoms with Crippen LogP contribution in [-0.4, -0.2) is 48.8 Å². The highest BCUT2D eigenvalue weighted by molar-refractivity contribution is 7.89. The Labute approximate surface area is 131 Å². The predicted octanol–water partition coefficient (Wildman–Crippen LogP) is 2.07. The summed E-state index contributed by atoms with van der Waals surface area (Å²) < 4.78 is 25.4. The van der Waals surface area contributed by atoms with Crippen molar-refractivity contribution in [1.29, 1.82) is 0 Å². The van der Waals surface area contributed by atoms with Crippen LogP contribution in [-0.2, 0) is 22.1 Å². The van der Waals surface area contributed by atoms with E-state index >= 15 is 0 Å². The molecule has 0 radical (unpaired) electrons. The molecule has 0 saturated carbocycles. The van der Waals surface area contributed by atoms with Gasteiger partial charge in [-0.15, -0.1) is 0 Å². The van der Waals surface area contributed by atoms with Crippen molar-refractivity contribution in [3.05, 3.63) is 30.1 Å². The predicted molar refractivity (Wildman–Crippen MR) is 88.6 cm³/mol. The minimum absolute atomic E-state index is 0.00167. The van der Waals surface area contributed by atoms with E-state index in [0.717, 1.165) is 37.2 Å². The van der Waals surface area contributed by atoms with E-state index < -0.39 is 9.84 Å². The molecule has 0 unspecified atom stereocenters. The molecule has 0 aliphatic carbocycles. The number of sulfone groups is 1. The lowest BCUT2D eigenvalue weighted by atomic mass is 10.1. The van der Waals surface area contributed by atoms with Crippen LogP contribution in [0.3, 0.4) is 0 Å². The van der Waals surface area contributed by atoms with Gasteiger partial charge in [-0.05, 0) is 38.1 Å². The van der Waals surface area contributed by atoms with Crippen LogP contribution in [0.15, 0.2) is 24.3 Å². The Bertz CT molecular complexity index is 746. The first kappa shape index (κ1) is 15.5. The summed E-state index contributed by atoms with van der Waals surface area (Å²) in [6.07, 6.45) is 5.12. The van der Waals surface area contributed by atoms with Gasteiger partial charge in [0.1, 0.15) is 11.6 Å². The third-order valence-corrected chi connectivity index (χ3v) is 5.00. The number of piperidine rings is 1. The second kappa shape index (κ2) is 6.38. The van der Waals surface area contributed by atoms with Gasteiger partial charge in [0.25, 0.3) is 0 Å². The SMILES string of the molecule is CS(=O)(=O)Cc1nc2ccccc2n1CCN1CCCCC1. The third kappa shape index (κ3) is 3.67. The van der Waals surface area contributed by atoms with Crippen molar-refractivity contribution in [2.75, 3.05) is 25.9 Å². The topological polar surface area (TPSA) is 55.2 Å². The van der Waals surface area contributed by atoms with Crippen LogP contribution in [0.5, 0.6) is 0 Å². The van der Waals surface area contributed by atoms with Gasteiger partial charge < -0.3 is 9.47 Å². The van der Waals surface area contributed by atoms with E-state index in [-0.39, 0.29) is 5.75 Å². The van der Waals surface area contributed by atoms with Gasteiger partial charge in [0.05, 0.1) is 11.0 Å². The van der Waals surface area contributed by atoms with E-state index in [1.165, 1.54) is 25.5 Å². The highest BCUT2D eigenvalue weighted by Crippen LogP contribution is 2.18. The molecule has 2 aromatic rings. The summed E-state index contributed by atoms with van der Waals surface area (Å²) in [6.45, 7) is 4.05. The van der Waals surface area contributed by atoms with Gasteiger partial charge in [-0.1, -0.05) is 18.6 Å². The summed E-state index contributed by atoms with van der Waals surface area (Å²) in [7, 11) is -3.09. The molecule has 5 nitrogen and oxygen atoms in total. The Morgan fingerprint density at radius 1 is 1.09 bits per heavy atom. The molecule has 22 heavy (non-hydrogen) atoms. The fourth-order valence-corrected chi connectivity index (χ4v) is 3.83. The molecular weight excluding hydrogens is 298 g/mol. The summed E-state index contributed by atoms with van der Waals surface area (Å²) in [5.41, 5.74) is 1.90. The number of aromatic nitrogens is 2. The zero-order chi connectivity index (χ0) is 15.6. The van der Waals surface area contributed by atoms with Gasteiger partial charge in [0, 0.05) is 19.3 Å². The van der Waals surface area contributed by atoms with Crippen molar-refractivity contribution in [2.45, 2.75) is 31.6 Å². The van der Waals surface area contributed by atoms with Crippen LogP contribution in [0.25, 0.3) is 11.0 Å². The first-order valence-corrected chi connectivity index (χ1v) is 9.93. The number of hydrogen-bond donors (Lipinski definition) is 0. The molecule has 1 aliphatic rings. The number of para-hydroxylation sites is 2. The van der Waals surface area contributed by atoms with Crippen molar-refractivity contribution < 1.29 is 8.42 Å². The number of likely N-dealkylation sites (tertiary alicyclic amines) is 1. The van der Waals surface area contributed by atoms with Crippen LogP contribution in [0.1, 0.15) is 25.1 Å². The smallest absolute Gasteiger partial charge is 0.154 e. The molecule has 0 bridgehead atoms. The molecule has 0 spiro atoms. The molecule has 1 aromatic heterocycles. The maximum absolute atomic E-state index is 11.7. The van der Waals surface area contributed by atoms with Gasteiger partial charge in [-0.25, -0.2) is 13.4 Å².